The van der Waals surface area contributed by atoms with Crippen LogP contribution < -0.4 is 0 Å². The number of benzene rings is 2. The molecule has 4 rings (SSSR count). The summed E-state index contributed by atoms with van der Waals surface area (Å²) < 4.78 is 1.41. The van der Waals surface area contributed by atoms with Gasteiger partial charge in [-0.2, -0.15) is 4.68 Å². The Kier molecular flexibility index (Phi) is 5.05. The number of aliphatic hydroxyl groups is 1. The molecule has 7 nitrogen and oxygen atoms in total. The molecule has 1 aliphatic rings. The third kappa shape index (κ3) is 3.61. The summed E-state index contributed by atoms with van der Waals surface area (Å²) >= 11 is 12.1. The molecule has 2 aromatic carbocycles. The van der Waals surface area contributed by atoms with Gasteiger partial charge in [-0.3, -0.25) is 4.79 Å². The zero-order valence-electron chi connectivity index (χ0n) is 14.8. The van der Waals surface area contributed by atoms with Crippen LogP contribution in [0.15, 0.2) is 48.8 Å². The molecule has 0 unspecified atom stereocenters. The number of likely N-dealkylation sites (tertiary alicyclic amines) is 1. The maximum absolute atomic E-state index is 12.9. The fourth-order valence-corrected chi connectivity index (χ4v) is 3.73. The van der Waals surface area contributed by atoms with E-state index in [1.54, 1.807) is 35.2 Å². The Morgan fingerprint density at radius 1 is 1.07 bits per heavy atom. The predicted molar refractivity (Wildman–Crippen MR) is 105 cm³/mol. The number of amides is 1. The molecule has 0 atom stereocenters. The summed E-state index contributed by atoms with van der Waals surface area (Å²) in [6.07, 6.45) is 2.32. The van der Waals surface area contributed by atoms with E-state index in [9.17, 15) is 9.90 Å². The first-order chi connectivity index (χ1) is 13.5. The molecule has 2 heterocycles. The molecule has 9 heteroatoms. The molecular formula is C19H17Cl2N5O2. The number of nitrogens with zero attached hydrogens (tertiary/aromatic N) is 5. The Morgan fingerprint density at radius 2 is 1.79 bits per heavy atom. The zero-order chi connectivity index (χ0) is 19.7. The van der Waals surface area contributed by atoms with Crippen molar-refractivity contribution in [3.8, 4) is 5.69 Å². The number of carbonyl (C=O) groups excluding carboxylic acids is 1. The van der Waals surface area contributed by atoms with Crippen LogP contribution in [0.2, 0.25) is 10.0 Å². The molecule has 1 N–H and O–H groups in total. The van der Waals surface area contributed by atoms with Gasteiger partial charge in [0.25, 0.3) is 5.91 Å². The van der Waals surface area contributed by atoms with Gasteiger partial charge in [0.05, 0.1) is 16.3 Å². The molecule has 0 radical (unpaired) electrons. The fourth-order valence-electron chi connectivity index (χ4n) is 3.40. The van der Waals surface area contributed by atoms with Crippen LogP contribution in [0.3, 0.4) is 0 Å². The Morgan fingerprint density at radius 3 is 2.43 bits per heavy atom. The van der Waals surface area contributed by atoms with Crippen molar-refractivity contribution in [2.75, 3.05) is 13.1 Å². The molecule has 1 saturated heterocycles. The lowest BCUT2D eigenvalue weighted by Crippen LogP contribution is -2.45. The minimum absolute atomic E-state index is 0.121. The van der Waals surface area contributed by atoms with E-state index in [2.05, 4.69) is 15.5 Å². The molecule has 1 aliphatic heterocycles. The molecule has 1 amide bonds. The number of hydrogen-bond acceptors (Lipinski definition) is 5. The van der Waals surface area contributed by atoms with E-state index in [-0.39, 0.29) is 5.91 Å². The highest BCUT2D eigenvalue weighted by molar-refractivity contribution is 6.32. The Hall–Kier alpha value is -2.48. The highest BCUT2D eigenvalue weighted by Gasteiger charge is 2.35. The Bertz CT molecular complexity index is 984. The van der Waals surface area contributed by atoms with Gasteiger partial charge in [0.15, 0.2) is 0 Å². The minimum atomic E-state index is -0.959. The van der Waals surface area contributed by atoms with Gasteiger partial charge in [0, 0.05) is 23.7 Å². The lowest BCUT2D eigenvalue weighted by Gasteiger charge is -2.38. The summed E-state index contributed by atoms with van der Waals surface area (Å²) in [5.41, 5.74) is 0.884. The first-order valence-corrected chi connectivity index (χ1v) is 9.52. The first-order valence-electron chi connectivity index (χ1n) is 8.77. The third-order valence-electron chi connectivity index (χ3n) is 5.05. The molecule has 144 valence electrons. The predicted octanol–water partition coefficient (Wildman–Crippen LogP) is 3.09. The van der Waals surface area contributed by atoms with Gasteiger partial charge in [-0.05, 0) is 59.2 Å². The Labute approximate surface area is 171 Å². The molecule has 0 saturated carbocycles. The number of rotatable bonds is 3. The van der Waals surface area contributed by atoms with Crippen LogP contribution in [-0.4, -0.2) is 49.2 Å². The average Bonchev–Trinajstić information content (AvgIpc) is 3.23. The lowest BCUT2D eigenvalue weighted by molar-refractivity contribution is -0.0211. The topological polar surface area (TPSA) is 84.1 Å². The summed E-state index contributed by atoms with van der Waals surface area (Å²) in [5, 5.41) is 23.1. The van der Waals surface area contributed by atoms with Crippen LogP contribution >= 0.6 is 23.2 Å². The second-order valence-electron chi connectivity index (χ2n) is 6.75. The number of halogens is 2. The minimum Gasteiger partial charge on any atom is -0.385 e. The highest BCUT2D eigenvalue weighted by Crippen LogP contribution is 2.34. The molecule has 3 aromatic rings. The normalized spacial score (nSPS) is 16.2. The number of hydrogen-bond donors (Lipinski definition) is 1. The van der Waals surface area contributed by atoms with E-state index >= 15 is 0 Å². The van der Waals surface area contributed by atoms with Gasteiger partial charge in [-0.1, -0.05) is 35.3 Å². The third-order valence-corrected chi connectivity index (χ3v) is 5.62. The van der Waals surface area contributed by atoms with Gasteiger partial charge in [0.1, 0.15) is 6.33 Å². The zero-order valence-corrected chi connectivity index (χ0v) is 16.3. The highest BCUT2D eigenvalue weighted by atomic mass is 35.5. The SMILES string of the molecule is O=C(c1ccc(Cl)c(-n2cnnn2)c1)N1CCC(O)(c2ccc(Cl)cc2)CC1. The average molecular weight is 418 g/mol. The summed E-state index contributed by atoms with van der Waals surface area (Å²) in [4.78, 5) is 14.7. The monoisotopic (exact) mass is 417 g/mol. The van der Waals surface area contributed by atoms with E-state index in [1.807, 2.05) is 12.1 Å². The molecule has 0 spiro atoms. The van der Waals surface area contributed by atoms with E-state index < -0.39 is 5.60 Å². The summed E-state index contributed by atoms with van der Waals surface area (Å²) in [6.45, 7) is 0.890. The van der Waals surface area contributed by atoms with Crippen molar-refractivity contribution in [2.45, 2.75) is 18.4 Å². The number of piperidine rings is 1. The van der Waals surface area contributed by atoms with E-state index in [0.717, 1.165) is 5.56 Å². The summed E-state index contributed by atoms with van der Waals surface area (Å²) in [6, 6.07) is 12.2. The Balaban J connectivity index is 1.50. The van der Waals surface area contributed by atoms with Crippen LogP contribution in [0, 0.1) is 0 Å². The van der Waals surface area contributed by atoms with Crippen LogP contribution in [0.5, 0.6) is 0 Å². The van der Waals surface area contributed by atoms with Crippen molar-refractivity contribution in [1.29, 1.82) is 0 Å². The molecule has 0 bridgehead atoms. The quantitative estimate of drug-likeness (QED) is 0.707. The van der Waals surface area contributed by atoms with Crippen molar-refractivity contribution >= 4 is 29.1 Å². The lowest BCUT2D eigenvalue weighted by atomic mass is 9.84. The fraction of sp³-hybridized carbons (Fsp3) is 0.263. The number of tetrazole rings is 1. The maximum Gasteiger partial charge on any atom is 0.253 e. The van der Waals surface area contributed by atoms with Crippen molar-refractivity contribution in [3.63, 3.8) is 0 Å². The number of carbonyl (C=O) groups is 1. The molecule has 28 heavy (non-hydrogen) atoms. The van der Waals surface area contributed by atoms with Gasteiger partial charge in [-0.25, -0.2) is 0 Å². The van der Waals surface area contributed by atoms with Gasteiger partial charge >= 0.3 is 0 Å². The molecule has 1 aromatic heterocycles. The van der Waals surface area contributed by atoms with E-state index in [1.165, 1.54) is 11.0 Å². The second kappa shape index (κ2) is 7.50. The maximum atomic E-state index is 12.9. The summed E-state index contributed by atoms with van der Waals surface area (Å²) in [5.74, 6) is -0.121. The molecular weight excluding hydrogens is 401 g/mol. The summed E-state index contributed by atoms with van der Waals surface area (Å²) in [7, 11) is 0. The van der Waals surface area contributed by atoms with Crippen molar-refractivity contribution in [2.24, 2.45) is 0 Å². The van der Waals surface area contributed by atoms with Gasteiger partial charge in [-0.15, -0.1) is 5.10 Å². The first kappa shape index (κ1) is 18.9. The van der Waals surface area contributed by atoms with Crippen LogP contribution in [0.4, 0.5) is 0 Å². The second-order valence-corrected chi connectivity index (χ2v) is 7.59. The van der Waals surface area contributed by atoms with Gasteiger partial charge < -0.3 is 10.0 Å². The van der Waals surface area contributed by atoms with E-state index in [0.29, 0.717) is 47.2 Å². The van der Waals surface area contributed by atoms with Crippen molar-refractivity contribution in [3.05, 3.63) is 70.0 Å². The van der Waals surface area contributed by atoms with Crippen molar-refractivity contribution in [1.82, 2.24) is 25.1 Å². The smallest absolute Gasteiger partial charge is 0.253 e. The van der Waals surface area contributed by atoms with Gasteiger partial charge in [0.2, 0.25) is 0 Å². The largest absolute Gasteiger partial charge is 0.385 e. The van der Waals surface area contributed by atoms with Crippen molar-refractivity contribution < 1.29 is 9.90 Å². The molecule has 1 fully saturated rings. The number of aromatic nitrogens is 4. The van der Waals surface area contributed by atoms with Crippen LogP contribution in [0.1, 0.15) is 28.8 Å². The molecule has 0 aliphatic carbocycles. The van der Waals surface area contributed by atoms with Crippen LogP contribution in [-0.2, 0) is 5.60 Å². The van der Waals surface area contributed by atoms with E-state index in [4.69, 9.17) is 23.2 Å². The van der Waals surface area contributed by atoms with Crippen LogP contribution in [0.25, 0.3) is 5.69 Å². The standard InChI is InChI=1S/C19H17Cl2N5O2/c20-15-4-2-14(3-5-15)19(28)7-9-25(10-8-19)18(27)13-1-6-16(21)17(11-13)26-12-22-23-24-26/h1-6,11-12,28H,7-10H2.